The van der Waals surface area contributed by atoms with E-state index >= 15 is 0 Å². The molecule has 1 heterocycles. The molecule has 12 heteroatoms. The second-order valence-corrected chi connectivity index (χ2v) is 6.96. The molecule has 2 rings (SSSR count). The van der Waals surface area contributed by atoms with Gasteiger partial charge in [0.25, 0.3) is 0 Å². The van der Waals surface area contributed by atoms with E-state index in [0.717, 1.165) is 0 Å². The van der Waals surface area contributed by atoms with Gasteiger partial charge in [-0.25, -0.2) is 8.42 Å². The van der Waals surface area contributed by atoms with E-state index in [1.807, 2.05) is 11.4 Å². The standard InChI is InChI=1S/C13H10F3N5O3S/c14-13(15,16)11-19-12(21-20-11)18-10(22)7-25(23,24)6-9-3-1-8(5-17)2-4-9/h1-4H,6-7H2,(H2,18,19,20,21,22). The SMILES string of the molecule is N#Cc1ccc(CS(=O)(=O)CC(=O)Nc2n[nH]c(C(F)(F)F)n2)cc1. The Kier molecular flexibility index (Phi) is 5.07. The summed E-state index contributed by atoms with van der Waals surface area (Å²) in [5.41, 5.74) is 0.716. The fourth-order valence-electron chi connectivity index (χ4n) is 1.79. The molecule has 0 atom stereocenters. The topological polar surface area (TPSA) is 129 Å². The Labute approximate surface area is 139 Å². The summed E-state index contributed by atoms with van der Waals surface area (Å²) in [7, 11) is -3.88. The third kappa shape index (κ3) is 5.28. The second kappa shape index (κ2) is 6.89. The molecule has 0 fully saturated rings. The van der Waals surface area contributed by atoms with Crippen molar-refractivity contribution in [1.29, 1.82) is 5.26 Å². The maximum Gasteiger partial charge on any atom is 0.451 e. The van der Waals surface area contributed by atoms with Crippen LogP contribution in [-0.4, -0.2) is 35.3 Å². The number of nitrogens with zero attached hydrogens (tertiary/aromatic N) is 3. The van der Waals surface area contributed by atoms with Crippen molar-refractivity contribution < 1.29 is 26.4 Å². The summed E-state index contributed by atoms with van der Waals surface area (Å²) >= 11 is 0. The Hall–Kier alpha value is -2.94. The van der Waals surface area contributed by atoms with Crippen LogP contribution in [-0.2, 0) is 26.6 Å². The van der Waals surface area contributed by atoms with Crippen LogP contribution >= 0.6 is 0 Å². The molecular weight excluding hydrogens is 363 g/mol. The molecule has 0 bridgehead atoms. The Morgan fingerprint density at radius 3 is 2.44 bits per heavy atom. The summed E-state index contributed by atoms with van der Waals surface area (Å²) in [6.45, 7) is 0. The third-order valence-electron chi connectivity index (χ3n) is 2.83. The molecule has 1 amide bonds. The number of hydrogen-bond acceptors (Lipinski definition) is 6. The van der Waals surface area contributed by atoms with Gasteiger partial charge in [-0.2, -0.15) is 23.4 Å². The molecule has 2 N–H and O–H groups in total. The molecule has 0 spiro atoms. The monoisotopic (exact) mass is 373 g/mol. The van der Waals surface area contributed by atoms with Crippen molar-refractivity contribution in [3.8, 4) is 6.07 Å². The van der Waals surface area contributed by atoms with Gasteiger partial charge in [-0.05, 0) is 17.7 Å². The van der Waals surface area contributed by atoms with E-state index < -0.39 is 45.2 Å². The van der Waals surface area contributed by atoms with E-state index in [0.29, 0.717) is 11.1 Å². The van der Waals surface area contributed by atoms with Gasteiger partial charge in [0.05, 0.1) is 17.4 Å². The highest BCUT2D eigenvalue weighted by Crippen LogP contribution is 2.26. The van der Waals surface area contributed by atoms with Gasteiger partial charge in [0.1, 0.15) is 5.75 Å². The number of H-pyrrole nitrogens is 1. The van der Waals surface area contributed by atoms with Gasteiger partial charge in [-0.15, -0.1) is 5.10 Å². The number of hydrogen-bond donors (Lipinski definition) is 2. The molecule has 0 unspecified atom stereocenters. The molecule has 8 nitrogen and oxygen atoms in total. The summed E-state index contributed by atoms with van der Waals surface area (Å²) in [5, 5.41) is 15.3. The lowest BCUT2D eigenvalue weighted by atomic mass is 10.2. The number of halogens is 3. The molecule has 25 heavy (non-hydrogen) atoms. The van der Waals surface area contributed by atoms with Crippen LogP contribution in [0.5, 0.6) is 0 Å². The Balaban J connectivity index is 1.98. The number of sulfone groups is 1. The Morgan fingerprint density at radius 1 is 1.28 bits per heavy atom. The fraction of sp³-hybridized carbons (Fsp3) is 0.231. The van der Waals surface area contributed by atoms with Crippen molar-refractivity contribution >= 4 is 21.7 Å². The van der Waals surface area contributed by atoms with Crippen LogP contribution in [0.15, 0.2) is 24.3 Å². The zero-order valence-corrected chi connectivity index (χ0v) is 13.1. The average Bonchev–Trinajstić information content (AvgIpc) is 2.95. The first-order valence-corrected chi connectivity index (χ1v) is 8.40. The summed E-state index contributed by atoms with van der Waals surface area (Å²) in [6, 6.07) is 7.59. The molecular formula is C13H10F3N5O3S. The molecule has 0 aliphatic heterocycles. The highest BCUT2D eigenvalue weighted by molar-refractivity contribution is 7.91. The normalized spacial score (nSPS) is 11.8. The highest BCUT2D eigenvalue weighted by Gasteiger charge is 2.35. The highest BCUT2D eigenvalue weighted by atomic mass is 32.2. The van der Waals surface area contributed by atoms with Crippen molar-refractivity contribution in [2.45, 2.75) is 11.9 Å². The lowest BCUT2D eigenvalue weighted by molar-refractivity contribution is -0.144. The number of amides is 1. The Bertz CT molecular complexity index is 914. The maximum atomic E-state index is 12.3. The van der Waals surface area contributed by atoms with Crippen LogP contribution in [0.25, 0.3) is 0 Å². The third-order valence-corrected chi connectivity index (χ3v) is 4.30. The number of alkyl halides is 3. The number of nitriles is 1. The number of aromatic nitrogens is 3. The predicted octanol–water partition coefficient (Wildman–Crippen LogP) is 1.25. The summed E-state index contributed by atoms with van der Waals surface area (Å²) in [5.74, 6) is -4.58. The number of benzene rings is 1. The van der Waals surface area contributed by atoms with Gasteiger partial charge in [0.15, 0.2) is 9.84 Å². The van der Waals surface area contributed by atoms with Crippen LogP contribution in [0.1, 0.15) is 17.0 Å². The van der Waals surface area contributed by atoms with Crippen molar-refractivity contribution in [3.05, 3.63) is 41.2 Å². The number of rotatable bonds is 5. The van der Waals surface area contributed by atoms with Crippen molar-refractivity contribution in [3.63, 3.8) is 0 Å². The number of nitrogens with one attached hydrogen (secondary N) is 2. The molecule has 0 aliphatic carbocycles. The predicted molar refractivity (Wildman–Crippen MR) is 78.7 cm³/mol. The first-order valence-electron chi connectivity index (χ1n) is 6.58. The zero-order chi connectivity index (χ0) is 18.7. The fourth-order valence-corrected chi connectivity index (χ4v) is 3.06. The van der Waals surface area contributed by atoms with Gasteiger partial charge in [0, 0.05) is 0 Å². The molecule has 132 valence electrons. The van der Waals surface area contributed by atoms with Crippen molar-refractivity contribution in [2.75, 3.05) is 11.1 Å². The second-order valence-electron chi connectivity index (χ2n) is 4.89. The summed E-state index contributed by atoms with van der Waals surface area (Å²) in [4.78, 5) is 14.7. The molecule has 0 saturated heterocycles. The van der Waals surface area contributed by atoms with Gasteiger partial charge in [-0.1, -0.05) is 12.1 Å². The number of aromatic amines is 1. The number of carbonyl (C=O) groups is 1. The van der Waals surface area contributed by atoms with Crippen LogP contribution < -0.4 is 5.32 Å². The lowest BCUT2D eigenvalue weighted by Gasteiger charge is -2.04. The van der Waals surface area contributed by atoms with Crippen LogP contribution in [0.2, 0.25) is 0 Å². The Morgan fingerprint density at radius 2 is 1.92 bits per heavy atom. The summed E-state index contributed by atoms with van der Waals surface area (Å²) < 4.78 is 61.0. The molecule has 1 aromatic carbocycles. The zero-order valence-electron chi connectivity index (χ0n) is 12.3. The van der Waals surface area contributed by atoms with Crippen molar-refractivity contribution in [1.82, 2.24) is 15.2 Å². The summed E-state index contributed by atoms with van der Waals surface area (Å²) in [6.07, 6.45) is -4.77. The van der Waals surface area contributed by atoms with Crippen LogP contribution in [0, 0.1) is 11.3 Å². The smallest absolute Gasteiger partial charge is 0.292 e. The van der Waals surface area contributed by atoms with E-state index in [1.165, 1.54) is 24.3 Å². The van der Waals surface area contributed by atoms with Gasteiger partial charge in [0.2, 0.25) is 17.7 Å². The first kappa shape index (κ1) is 18.4. The molecule has 0 aliphatic rings. The van der Waals surface area contributed by atoms with Gasteiger partial charge < -0.3 is 0 Å². The van der Waals surface area contributed by atoms with E-state index in [2.05, 4.69) is 10.1 Å². The number of anilines is 1. The quantitative estimate of drug-likeness (QED) is 0.812. The van der Waals surface area contributed by atoms with E-state index in [1.54, 1.807) is 5.10 Å². The largest absolute Gasteiger partial charge is 0.451 e. The van der Waals surface area contributed by atoms with Gasteiger partial charge in [-0.3, -0.25) is 15.2 Å². The van der Waals surface area contributed by atoms with Gasteiger partial charge >= 0.3 is 6.18 Å². The first-order chi connectivity index (χ1) is 11.6. The average molecular weight is 373 g/mol. The lowest BCUT2D eigenvalue weighted by Crippen LogP contribution is -2.24. The van der Waals surface area contributed by atoms with Crippen LogP contribution in [0.4, 0.5) is 19.1 Å². The van der Waals surface area contributed by atoms with E-state index in [-0.39, 0.29) is 0 Å². The molecule has 0 radical (unpaired) electrons. The van der Waals surface area contributed by atoms with E-state index in [9.17, 15) is 26.4 Å². The van der Waals surface area contributed by atoms with E-state index in [4.69, 9.17) is 5.26 Å². The minimum Gasteiger partial charge on any atom is -0.292 e. The molecule has 0 saturated carbocycles. The molecule has 1 aromatic heterocycles. The van der Waals surface area contributed by atoms with Crippen molar-refractivity contribution in [2.24, 2.45) is 0 Å². The minimum atomic E-state index is -4.77. The minimum absolute atomic E-state index is 0.351. The molecule has 2 aromatic rings. The number of carbonyl (C=O) groups excluding carboxylic acids is 1. The van der Waals surface area contributed by atoms with Crippen LogP contribution in [0.3, 0.4) is 0 Å². The maximum absolute atomic E-state index is 12.3.